The van der Waals surface area contributed by atoms with Gasteiger partial charge in [-0.05, 0) is 18.2 Å². The first-order valence-electron chi connectivity index (χ1n) is 5.98. The number of benzene rings is 1. The lowest BCUT2D eigenvalue weighted by Gasteiger charge is -2.11. The summed E-state index contributed by atoms with van der Waals surface area (Å²) in [6.07, 6.45) is 1.52. The minimum atomic E-state index is -0.252. The van der Waals surface area contributed by atoms with Gasteiger partial charge in [0.05, 0.1) is 6.04 Å². The number of amides is 1. The van der Waals surface area contributed by atoms with Crippen LogP contribution in [-0.2, 0) is 0 Å². The summed E-state index contributed by atoms with van der Waals surface area (Å²) in [6, 6.07) is 10.7. The molecule has 1 atom stereocenters. The van der Waals surface area contributed by atoms with Crippen LogP contribution in [0.4, 0.5) is 5.69 Å². The molecule has 96 valence electrons. The zero-order chi connectivity index (χ0) is 13.2. The predicted octanol–water partition coefficient (Wildman–Crippen LogP) is 1.53. The highest BCUT2D eigenvalue weighted by atomic mass is 16.5. The predicted molar refractivity (Wildman–Crippen MR) is 70.8 cm³/mol. The van der Waals surface area contributed by atoms with E-state index in [0.717, 1.165) is 11.3 Å². The van der Waals surface area contributed by atoms with E-state index in [-0.39, 0.29) is 11.9 Å². The van der Waals surface area contributed by atoms with Gasteiger partial charge in [0.1, 0.15) is 18.1 Å². The number of nitrogens with one attached hydrogen (secondary N) is 1. The van der Waals surface area contributed by atoms with Crippen LogP contribution in [0.3, 0.4) is 0 Å². The molecular weight excluding hydrogens is 242 g/mol. The zero-order valence-corrected chi connectivity index (χ0v) is 10.2. The third kappa shape index (κ3) is 2.22. The molecule has 0 saturated carbocycles. The van der Waals surface area contributed by atoms with Gasteiger partial charge < -0.3 is 15.8 Å². The lowest BCUT2D eigenvalue weighted by molar-refractivity contribution is 0.0925. The summed E-state index contributed by atoms with van der Waals surface area (Å²) in [4.78, 5) is 16.1. The van der Waals surface area contributed by atoms with Crippen LogP contribution >= 0.6 is 0 Å². The molecule has 19 heavy (non-hydrogen) atoms. The van der Waals surface area contributed by atoms with Gasteiger partial charge in [-0.25, -0.2) is 0 Å². The first kappa shape index (κ1) is 11.5. The maximum Gasteiger partial charge on any atom is 0.270 e. The number of ether oxygens (including phenoxy) is 1. The van der Waals surface area contributed by atoms with E-state index in [4.69, 9.17) is 10.5 Å². The van der Waals surface area contributed by atoms with Gasteiger partial charge in [-0.2, -0.15) is 0 Å². The molecule has 0 radical (unpaired) electrons. The van der Waals surface area contributed by atoms with Crippen molar-refractivity contribution in [1.29, 1.82) is 0 Å². The van der Waals surface area contributed by atoms with Gasteiger partial charge in [-0.3, -0.25) is 9.78 Å². The van der Waals surface area contributed by atoms with Gasteiger partial charge in [-0.15, -0.1) is 0 Å². The fraction of sp³-hybridized carbons (Fsp3) is 0.143. The number of nitrogens with two attached hydrogens (primary N) is 1. The number of carbonyl (C=O) groups excluding carboxylic acids is 1. The Kier molecular flexibility index (Phi) is 2.79. The number of pyridine rings is 1. The summed E-state index contributed by atoms with van der Waals surface area (Å²) in [5, 5.41) is 2.90. The fourth-order valence-corrected chi connectivity index (χ4v) is 2.09. The van der Waals surface area contributed by atoms with Crippen LogP contribution in [0.2, 0.25) is 0 Å². The van der Waals surface area contributed by atoms with E-state index < -0.39 is 0 Å². The Bertz CT molecular complexity index is 628. The Morgan fingerprint density at radius 3 is 3.05 bits per heavy atom. The standard InChI is InChI=1S/C14H13N3O2/c15-9-5-6-16-11(7-9)14(18)17-12-8-19-13-4-2-1-3-10(12)13/h1-7,12H,8H2,(H2,15,16)(H,17,18). The van der Waals surface area contributed by atoms with Gasteiger partial charge in [0.15, 0.2) is 0 Å². The Balaban J connectivity index is 1.78. The Hall–Kier alpha value is -2.56. The molecule has 3 rings (SSSR count). The topological polar surface area (TPSA) is 77.2 Å². The summed E-state index contributed by atoms with van der Waals surface area (Å²) >= 11 is 0. The van der Waals surface area contributed by atoms with Crippen molar-refractivity contribution in [2.24, 2.45) is 0 Å². The molecule has 1 aliphatic rings. The summed E-state index contributed by atoms with van der Waals surface area (Å²) in [6.45, 7) is 0.438. The second-order valence-corrected chi connectivity index (χ2v) is 4.35. The van der Waals surface area contributed by atoms with E-state index in [1.165, 1.54) is 6.20 Å². The molecular formula is C14H13N3O2. The zero-order valence-electron chi connectivity index (χ0n) is 10.2. The highest BCUT2D eigenvalue weighted by Crippen LogP contribution is 2.31. The van der Waals surface area contributed by atoms with Gasteiger partial charge in [0.2, 0.25) is 0 Å². The number of rotatable bonds is 2. The summed E-state index contributed by atoms with van der Waals surface area (Å²) in [5.74, 6) is 0.561. The number of nitrogens with zero attached hydrogens (tertiary/aromatic N) is 1. The van der Waals surface area contributed by atoms with E-state index >= 15 is 0 Å². The van der Waals surface area contributed by atoms with Crippen LogP contribution in [-0.4, -0.2) is 17.5 Å². The van der Waals surface area contributed by atoms with Crippen molar-refractivity contribution in [3.8, 4) is 5.75 Å². The number of nitrogen functional groups attached to an aromatic ring is 1. The maximum atomic E-state index is 12.1. The fourth-order valence-electron chi connectivity index (χ4n) is 2.09. The molecule has 1 aliphatic heterocycles. The molecule has 1 amide bonds. The number of aromatic nitrogens is 1. The van der Waals surface area contributed by atoms with Crippen LogP contribution in [0.5, 0.6) is 5.75 Å². The van der Waals surface area contributed by atoms with Crippen molar-refractivity contribution in [3.05, 3.63) is 53.9 Å². The lowest BCUT2D eigenvalue weighted by Crippen LogP contribution is -2.30. The first-order chi connectivity index (χ1) is 9.24. The Labute approximate surface area is 110 Å². The molecule has 0 spiro atoms. The first-order valence-corrected chi connectivity index (χ1v) is 5.98. The number of hydrogen-bond acceptors (Lipinski definition) is 4. The molecule has 0 bridgehead atoms. The number of hydrogen-bond donors (Lipinski definition) is 2. The SMILES string of the molecule is Nc1ccnc(C(=O)NC2COc3ccccc32)c1. The average molecular weight is 255 g/mol. The second kappa shape index (κ2) is 4.61. The smallest absolute Gasteiger partial charge is 0.270 e. The molecule has 5 nitrogen and oxygen atoms in total. The van der Waals surface area contributed by atoms with Crippen molar-refractivity contribution in [2.75, 3.05) is 12.3 Å². The van der Waals surface area contributed by atoms with Crippen LogP contribution in [0.25, 0.3) is 0 Å². The Morgan fingerprint density at radius 1 is 1.37 bits per heavy atom. The third-order valence-corrected chi connectivity index (χ3v) is 3.02. The van der Waals surface area contributed by atoms with E-state index in [1.54, 1.807) is 12.1 Å². The Morgan fingerprint density at radius 2 is 2.21 bits per heavy atom. The number of carbonyl (C=O) groups is 1. The number of para-hydroxylation sites is 1. The summed E-state index contributed by atoms with van der Waals surface area (Å²) in [5.41, 5.74) is 7.45. The molecule has 1 aromatic heterocycles. The van der Waals surface area contributed by atoms with Crippen molar-refractivity contribution in [2.45, 2.75) is 6.04 Å². The minimum Gasteiger partial charge on any atom is -0.491 e. The molecule has 0 saturated heterocycles. The molecule has 5 heteroatoms. The van der Waals surface area contributed by atoms with Gasteiger partial charge >= 0.3 is 0 Å². The van der Waals surface area contributed by atoms with Crippen molar-refractivity contribution < 1.29 is 9.53 Å². The largest absolute Gasteiger partial charge is 0.491 e. The van der Waals surface area contributed by atoms with E-state index in [2.05, 4.69) is 10.3 Å². The van der Waals surface area contributed by atoms with E-state index in [9.17, 15) is 4.79 Å². The molecule has 1 aromatic carbocycles. The second-order valence-electron chi connectivity index (χ2n) is 4.35. The van der Waals surface area contributed by atoms with Crippen LogP contribution in [0.15, 0.2) is 42.6 Å². The molecule has 0 fully saturated rings. The monoisotopic (exact) mass is 255 g/mol. The molecule has 0 aliphatic carbocycles. The highest BCUT2D eigenvalue weighted by molar-refractivity contribution is 5.93. The van der Waals surface area contributed by atoms with Crippen molar-refractivity contribution in [1.82, 2.24) is 10.3 Å². The molecule has 2 heterocycles. The van der Waals surface area contributed by atoms with Crippen LogP contribution in [0, 0.1) is 0 Å². The average Bonchev–Trinajstić information content (AvgIpc) is 2.82. The summed E-state index contributed by atoms with van der Waals surface area (Å²) < 4.78 is 5.51. The van der Waals surface area contributed by atoms with Crippen molar-refractivity contribution >= 4 is 11.6 Å². The van der Waals surface area contributed by atoms with Crippen LogP contribution in [0.1, 0.15) is 22.1 Å². The minimum absolute atomic E-state index is 0.146. The third-order valence-electron chi connectivity index (χ3n) is 3.02. The molecule has 2 aromatic rings. The number of fused-ring (bicyclic) bond motifs is 1. The van der Waals surface area contributed by atoms with E-state index in [0.29, 0.717) is 18.0 Å². The molecule has 3 N–H and O–H groups in total. The van der Waals surface area contributed by atoms with Crippen LogP contribution < -0.4 is 15.8 Å². The quantitative estimate of drug-likeness (QED) is 0.853. The normalized spacial score (nSPS) is 16.5. The van der Waals surface area contributed by atoms with Gasteiger partial charge in [0, 0.05) is 17.4 Å². The molecule has 1 unspecified atom stereocenters. The van der Waals surface area contributed by atoms with Crippen molar-refractivity contribution in [3.63, 3.8) is 0 Å². The van der Waals surface area contributed by atoms with Gasteiger partial charge in [0.25, 0.3) is 5.91 Å². The lowest BCUT2D eigenvalue weighted by atomic mass is 10.1. The number of anilines is 1. The van der Waals surface area contributed by atoms with E-state index in [1.807, 2.05) is 24.3 Å². The summed E-state index contributed by atoms with van der Waals surface area (Å²) in [7, 11) is 0. The maximum absolute atomic E-state index is 12.1. The van der Waals surface area contributed by atoms with Gasteiger partial charge in [-0.1, -0.05) is 18.2 Å². The highest BCUT2D eigenvalue weighted by Gasteiger charge is 2.25.